The number of pyridine rings is 1. The number of rotatable bonds is 5. The number of aromatic nitrogens is 5. The maximum Gasteiger partial charge on any atom is 0.222 e. The van der Waals surface area contributed by atoms with Crippen LogP contribution < -0.4 is 10.1 Å². The van der Waals surface area contributed by atoms with E-state index in [0.29, 0.717) is 30.2 Å². The van der Waals surface area contributed by atoms with Gasteiger partial charge in [0.05, 0.1) is 7.11 Å². The van der Waals surface area contributed by atoms with Crippen LogP contribution in [0.5, 0.6) is 5.88 Å². The third-order valence-electron chi connectivity index (χ3n) is 5.32. The highest BCUT2D eigenvalue weighted by molar-refractivity contribution is 5.86. The largest absolute Gasteiger partial charge is 0.481 e. The number of fused-ring (bicyclic) bond motifs is 1. The summed E-state index contributed by atoms with van der Waals surface area (Å²) in [7, 11) is 3.54. The van der Waals surface area contributed by atoms with E-state index in [9.17, 15) is 4.79 Å². The fourth-order valence-electron chi connectivity index (χ4n) is 3.78. The van der Waals surface area contributed by atoms with Crippen molar-refractivity contribution < 1.29 is 9.53 Å². The molecule has 1 atom stereocenters. The maximum absolute atomic E-state index is 11.9. The minimum atomic E-state index is 0.152. The molecule has 152 valence electrons. The van der Waals surface area contributed by atoms with Gasteiger partial charge in [-0.25, -0.2) is 19.9 Å². The molecule has 0 radical (unpaired) electrons. The molecule has 0 bridgehead atoms. The topological polar surface area (TPSA) is 98.1 Å². The van der Waals surface area contributed by atoms with Crippen LogP contribution in [-0.4, -0.2) is 61.6 Å². The van der Waals surface area contributed by atoms with Crippen molar-refractivity contribution in [2.45, 2.75) is 32.7 Å². The average Bonchev–Trinajstić information content (AvgIpc) is 3.33. The first-order valence-electron chi connectivity index (χ1n) is 9.74. The van der Waals surface area contributed by atoms with Crippen LogP contribution in [0.25, 0.3) is 22.6 Å². The SMILES string of the molecule is CCC(=O)N1CC[C@H](Nc2ncnc3c2nc(-c2cnc(OC)c(C)c2)n3C)C1. The lowest BCUT2D eigenvalue weighted by Crippen LogP contribution is -2.31. The average molecular weight is 395 g/mol. The molecular formula is C20H25N7O2. The van der Waals surface area contributed by atoms with E-state index >= 15 is 0 Å². The first-order valence-corrected chi connectivity index (χ1v) is 9.74. The molecular weight excluding hydrogens is 370 g/mol. The quantitative estimate of drug-likeness (QED) is 0.707. The van der Waals surface area contributed by atoms with Crippen LogP contribution in [0.1, 0.15) is 25.3 Å². The van der Waals surface area contributed by atoms with Gasteiger partial charge in [-0.3, -0.25) is 4.79 Å². The summed E-state index contributed by atoms with van der Waals surface area (Å²) in [4.78, 5) is 31.8. The van der Waals surface area contributed by atoms with E-state index in [1.807, 2.05) is 36.4 Å². The molecule has 1 saturated heterocycles. The fourth-order valence-corrected chi connectivity index (χ4v) is 3.78. The van der Waals surface area contributed by atoms with Gasteiger partial charge in [0, 0.05) is 49.9 Å². The summed E-state index contributed by atoms with van der Waals surface area (Å²) in [5.74, 6) is 2.23. The van der Waals surface area contributed by atoms with E-state index in [0.717, 1.165) is 35.6 Å². The highest BCUT2D eigenvalue weighted by atomic mass is 16.5. The van der Waals surface area contributed by atoms with Crippen LogP contribution in [0.15, 0.2) is 18.6 Å². The summed E-state index contributed by atoms with van der Waals surface area (Å²) in [5.41, 5.74) is 3.27. The van der Waals surface area contributed by atoms with Gasteiger partial charge in [-0.05, 0) is 19.4 Å². The van der Waals surface area contributed by atoms with Crippen LogP contribution in [0.3, 0.4) is 0 Å². The lowest BCUT2D eigenvalue weighted by atomic mass is 10.2. The molecule has 0 saturated carbocycles. The third-order valence-corrected chi connectivity index (χ3v) is 5.32. The molecule has 9 heteroatoms. The lowest BCUT2D eigenvalue weighted by Gasteiger charge is -2.16. The van der Waals surface area contributed by atoms with Crippen molar-refractivity contribution in [1.82, 2.24) is 29.4 Å². The van der Waals surface area contributed by atoms with E-state index in [1.54, 1.807) is 13.3 Å². The molecule has 1 aliphatic heterocycles. The third kappa shape index (κ3) is 3.48. The van der Waals surface area contributed by atoms with Crippen molar-refractivity contribution in [3.05, 3.63) is 24.2 Å². The van der Waals surface area contributed by atoms with Gasteiger partial charge in [-0.15, -0.1) is 0 Å². The molecule has 1 amide bonds. The number of aryl methyl sites for hydroxylation is 2. The van der Waals surface area contributed by atoms with Gasteiger partial charge in [0.15, 0.2) is 17.0 Å². The van der Waals surface area contributed by atoms with Crippen LogP contribution in [-0.2, 0) is 11.8 Å². The Kier molecular flexibility index (Phi) is 5.04. The van der Waals surface area contributed by atoms with E-state index in [4.69, 9.17) is 9.72 Å². The first kappa shape index (κ1) is 19.1. The van der Waals surface area contributed by atoms with Crippen molar-refractivity contribution in [2.75, 3.05) is 25.5 Å². The van der Waals surface area contributed by atoms with Gasteiger partial charge in [0.1, 0.15) is 12.2 Å². The van der Waals surface area contributed by atoms with Crippen molar-refractivity contribution >= 4 is 22.9 Å². The summed E-state index contributed by atoms with van der Waals surface area (Å²) >= 11 is 0. The summed E-state index contributed by atoms with van der Waals surface area (Å²) in [5, 5.41) is 3.46. The minimum absolute atomic E-state index is 0.152. The van der Waals surface area contributed by atoms with Gasteiger partial charge < -0.3 is 19.5 Å². The second-order valence-corrected chi connectivity index (χ2v) is 7.26. The minimum Gasteiger partial charge on any atom is -0.481 e. The molecule has 0 aromatic carbocycles. The summed E-state index contributed by atoms with van der Waals surface area (Å²) < 4.78 is 7.19. The monoisotopic (exact) mass is 395 g/mol. The number of hydrogen-bond donors (Lipinski definition) is 1. The molecule has 3 aromatic rings. The Labute approximate surface area is 169 Å². The Morgan fingerprint density at radius 2 is 2.17 bits per heavy atom. The normalized spacial score (nSPS) is 16.4. The van der Waals surface area contributed by atoms with Crippen LogP contribution in [0, 0.1) is 6.92 Å². The number of likely N-dealkylation sites (tertiary alicyclic amines) is 1. The Balaban J connectivity index is 1.65. The van der Waals surface area contributed by atoms with E-state index in [1.165, 1.54) is 6.33 Å². The number of carbonyl (C=O) groups is 1. The molecule has 9 nitrogen and oxygen atoms in total. The molecule has 1 N–H and O–H groups in total. The van der Waals surface area contributed by atoms with Crippen molar-refractivity contribution in [1.29, 1.82) is 0 Å². The number of imidazole rings is 1. The number of ether oxygens (including phenoxy) is 1. The van der Waals surface area contributed by atoms with Gasteiger partial charge in [0.2, 0.25) is 11.8 Å². The van der Waals surface area contributed by atoms with Crippen LogP contribution in [0.2, 0.25) is 0 Å². The smallest absolute Gasteiger partial charge is 0.222 e. The van der Waals surface area contributed by atoms with Gasteiger partial charge in [-0.1, -0.05) is 6.92 Å². The number of carbonyl (C=O) groups excluding carboxylic acids is 1. The predicted octanol–water partition coefficient (Wildman–Crippen LogP) is 2.17. The molecule has 0 unspecified atom stereocenters. The number of nitrogens with zero attached hydrogens (tertiary/aromatic N) is 6. The maximum atomic E-state index is 11.9. The Hall–Kier alpha value is -3.23. The Morgan fingerprint density at radius 1 is 1.34 bits per heavy atom. The summed E-state index contributed by atoms with van der Waals surface area (Å²) in [6, 6.07) is 2.15. The number of hydrogen-bond acceptors (Lipinski definition) is 7. The Bertz CT molecular complexity index is 1060. The van der Waals surface area contributed by atoms with E-state index < -0.39 is 0 Å². The van der Waals surface area contributed by atoms with Crippen LogP contribution in [0.4, 0.5) is 5.82 Å². The second kappa shape index (κ2) is 7.65. The van der Waals surface area contributed by atoms with E-state index in [-0.39, 0.29) is 11.9 Å². The highest BCUT2D eigenvalue weighted by Gasteiger charge is 2.26. The zero-order valence-corrected chi connectivity index (χ0v) is 17.1. The van der Waals surface area contributed by atoms with E-state index in [2.05, 4.69) is 20.3 Å². The summed E-state index contributed by atoms with van der Waals surface area (Å²) in [6.07, 6.45) is 4.71. The van der Waals surface area contributed by atoms with Crippen molar-refractivity contribution in [3.63, 3.8) is 0 Å². The molecule has 3 aromatic heterocycles. The van der Waals surface area contributed by atoms with Gasteiger partial charge in [0.25, 0.3) is 0 Å². The lowest BCUT2D eigenvalue weighted by molar-refractivity contribution is -0.129. The van der Waals surface area contributed by atoms with Crippen molar-refractivity contribution in [3.8, 4) is 17.3 Å². The fraction of sp³-hybridized carbons (Fsp3) is 0.450. The van der Waals surface area contributed by atoms with Crippen molar-refractivity contribution in [2.24, 2.45) is 7.05 Å². The standard InChI is InChI=1S/C20H25N7O2/c1-5-15(28)27-7-6-14(10-27)24-17-16-19(23-11-22-17)26(3)18(25-16)13-8-12(2)20(29-4)21-9-13/h8-9,11,14H,5-7,10H2,1-4H3,(H,22,23,24)/t14-/m0/s1. The molecule has 4 rings (SSSR count). The highest BCUT2D eigenvalue weighted by Crippen LogP contribution is 2.28. The number of methoxy groups -OCH3 is 1. The van der Waals surface area contributed by atoms with Gasteiger partial charge in [-0.2, -0.15) is 0 Å². The first-order chi connectivity index (χ1) is 14.0. The second-order valence-electron chi connectivity index (χ2n) is 7.26. The molecule has 29 heavy (non-hydrogen) atoms. The number of amides is 1. The number of nitrogens with one attached hydrogen (secondary N) is 1. The molecule has 0 aliphatic carbocycles. The molecule has 4 heterocycles. The molecule has 1 aliphatic rings. The predicted molar refractivity (Wildman–Crippen MR) is 110 cm³/mol. The summed E-state index contributed by atoms with van der Waals surface area (Å²) in [6.45, 7) is 5.29. The number of anilines is 1. The molecule has 0 spiro atoms. The zero-order valence-electron chi connectivity index (χ0n) is 17.1. The van der Waals surface area contributed by atoms with Gasteiger partial charge >= 0.3 is 0 Å². The van der Waals surface area contributed by atoms with Crippen LogP contribution >= 0.6 is 0 Å². The zero-order chi connectivity index (χ0) is 20.5. The molecule has 1 fully saturated rings. The Morgan fingerprint density at radius 3 is 2.90 bits per heavy atom.